The highest BCUT2D eigenvalue weighted by molar-refractivity contribution is 7.98. The number of aromatic nitrogens is 6. The lowest BCUT2D eigenvalue weighted by atomic mass is 10.2. The summed E-state index contributed by atoms with van der Waals surface area (Å²) in [5.41, 5.74) is 2.43. The molecule has 150 valence electrons. The molecule has 0 radical (unpaired) electrons. The van der Waals surface area contributed by atoms with Crippen LogP contribution in [-0.2, 0) is 24.3 Å². The minimum absolute atomic E-state index is 0.744. The number of aryl methyl sites for hydroxylation is 2. The van der Waals surface area contributed by atoms with E-state index < -0.39 is 0 Å². The molecule has 0 fully saturated rings. The minimum Gasteiger partial charge on any atom is -0.336 e. The normalized spacial score (nSPS) is 11.2. The lowest BCUT2D eigenvalue weighted by Crippen LogP contribution is -2.13. The number of nitrogens with two attached hydrogens (primary N) is 2. The van der Waals surface area contributed by atoms with E-state index in [1.54, 1.807) is 32.9 Å². The minimum atomic E-state index is 0.744. The lowest BCUT2D eigenvalue weighted by Gasteiger charge is -2.05. The van der Waals surface area contributed by atoms with Crippen LogP contribution in [0.5, 0.6) is 0 Å². The Morgan fingerprint density at radius 1 is 0.714 bits per heavy atom. The Balaban J connectivity index is 1.52. The van der Waals surface area contributed by atoms with Gasteiger partial charge in [0.1, 0.15) is 0 Å². The summed E-state index contributed by atoms with van der Waals surface area (Å²) in [7, 11) is 0. The van der Waals surface area contributed by atoms with Crippen molar-refractivity contribution in [3.8, 4) is 0 Å². The number of benzene rings is 1. The third kappa shape index (κ3) is 4.99. The van der Waals surface area contributed by atoms with Gasteiger partial charge < -0.3 is 11.7 Å². The van der Waals surface area contributed by atoms with E-state index in [1.165, 1.54) is 11.1 Å². The predicted octanol–water partition coefficient (Wildman–Crippen LogP) is 2.79. The van der Waals surface area contributed by atoms with Gasteiger partial charge in [-0.1, -0.05) is 61.6 Å². The van der Waals surface area contributed by atoms with Crippen LogP contribution >= 0.6 is 23.5 Å². The Bertz CT molecular complexity index is 814. The standard InChI is InChI=1S/C18H26N8S2/c1-3-5-15-21-23-17(25(15)19)27-11-13-7-9-14(10-8-13)12-28-18-24-22-16(6-4-2)26(18)20/h7-10H,3-6,11-12,19-20H2,1-2H3. The molecule has 0 aliphatic carbocycles. The van der Waals surface area contributed by atoms with E-state index in [1.807, 2.05) is 0 Å². The Labute approximate surface area is 173 Å². The van der Waals surface area contributed by atoms with E-state index in [-0.39, 0.29) is 0 Å². The first kappa shape index (κ1) is 20.5. The fourth-order valence-electron chi connectivity index (χ4n) is 2.63. The van der Waals surface area contributed by atoms with Gasteiger partial charge in [-0.25, -0.2) is 9.35 Å². The molecule has 8 nitrogen and oxygen atoms in total. The quantitative estimate of drug-likeness (QED) is 0.382. The average Bonchev–Trinajstić information content (AvgIpc) is 3.23. The maximum Gasteiger partial charge on any atom is 0.210 e. The molecular formula is C18H26N8S2. The number of nitrogens with zero attached hydrogens (tertiary/aromatic N) is 6. The zero-order chi connectivity index (χ0) is 19.9. The van der Waals surface area contributed by atoms with Crippen molar-refractivity contribution in [2.24, 2.45) is 0 Å². The number of thioether (sulfide) groups is 2. The summed E-state index contributed by atoms with van der Waals surface area (Å²) in [5, 5.41) is 18.1. The van der Waals surface area contributed by atoms with Crippen LogP contribution in [0.4, 0.5) is 0 Å². The molecule has 28 heavy (non-hydrogen) atoms. The van der Waals surface area contributed by atoms with Crippen LogP contribution < -0.4 is 11.7 Å². The summed E-state index contributed by atoms with van der Waals surface area (Å²) in [6, 6.07) is 8.51. The van der Waals surface area contributed by atoms with Crippen LogP contribution in [-0.4, -0.2) is 29.7 Å². The van der Waals surface area contributed by atoms with Crippen LogP contribution in [0.3, 0.4) is 0 Å². The van der Waals surface area contributed by atoms with E-state index in [0.717, 1.165) is 59.2 Å². The number of rotatable bonds is 10. The largest absolute Gasteiger partial charge is 0.336 e. The third-order valence-corrected chi connectivity index (χ3v) is 6.20. The van der Waals surface area contributed by atoms with E-state index in [9.17, 15) is 0 Å². The summed E-state index contributed by atoms with van der Waals surface area (Å²) in [6.07, 6.45) is 3.68. The van der Waals surface area contributed by atoms with Crippen molar-refractivity contribution in [1.82, 2.24) is 29.7 Å². The molecule has 3 rings (SSSR count). The van der Waals surface area contributed by atoms with Crippen molar-refractivity contribution in [1.29, 1.82) is 0 Å². The van der Waals surface area contributed by atoms with Gasteiger partial charge in [0.15, 0.2) is 11.6 Å². The highest BCUT2D eigenvalue weighted by Crippen LogP contribution is 2.24. The molecule has 2 aromatic heterocycles. The molecule has 3 aromatic rings. The van der Waals surface area contributed by atoms with Crippen LogP contribution in [0.15, 0.2) is 34.6 Å². The molecule has 0 spiro atoms. The summed E-state index contributed by atoms with van der Waals surface area (Å²) in [5.74, 6) is 15.3. The van der Waals surface area contributed by atoms with Gasteiger partial charge in [-0.2, -0.15) is 0 Å². The van der Waals surface area contributed by atoms with E-state index >= 15 is 0 Å². The summed E-state index contributed by atoms with van der Waals surface area (Å²) in [4.78, 5) is 0. The fourth-order valence-corrected chi connectivity index (χ4v) is 4.29. The molecule has 4 N–H and O–H groups in total. The van der Waals surface area contributed by atoms with Crippen LogP contribution in [0.1, 0.15) is 49.5 Å². The van der Waals surface area contributed by atoms with E-state index in [0.29, 0.717) is 0 Å². The van der Waals surface area contributed by atoms with E-state index in [4.69, 9.17) is 11.7 Å². The second kappa shape index (κ2) is 9.83. The molecule has 0 saturated carbocycles. The second-order valence-electron chi connectivity index (χ2n) is 6.43. The Morgan fingerprint density at radius 3 is 1.46 bits per heavy atom. The molecule has 0 aliphatic heterocycles. The third-order valence-electron chi connectivity index (χ3n) is 4.18. The van der Waals surface area contributed by atoms with Crippen molar-refractivity contribution in [2.45, 2.75) is 61.3 Å². The fraction of sp³-hybridized carbons (Fsp3) is 0.444. The van der Waals surface area contributed by atoms with Gasteiger partial charge >= 0.3 is 0 Å². The summed E-state index contributed by atoms with van der Waals surface area (Å²) in [6.45, 7) is 4.20. The molecule has 0 aliphatic rings. The predicted molar refractivity (Wildman–Crippen MR) is 114 cm³/mol. The highest BCUT2D eigenvalue weighted by atomic mass is 32.2. The molecule has 2 heterocycles. The SMILES string of the molecule is CCCc1nnc(SCc2ccc(CSc3nnc(CCC)n3N)cc2)n1N. The summed E-state index contributed by atoms with van der Waals surface area (Å²) < 4.78 is 3.18. The smallest absolute Gasteiger partial charge is 0.210 e. The molecule has 0 amide bonds. The topological polar surface area (TPSA) is 113 Å². The van der Waals surface area contributed by atoms with Crippen molar-refractivity contribution < 1.29 is 0 Å². The first-order chi connectivity index (χ1) is 13.6. The zero-order valence-electron chi connectivity index (χ0n) is 16.2. The number of nitrogen functional groups attached to an aromatic ring is 2. The maximum absolute atomic E-state index is 6.05. The van der Waals surface area contributed by atoms with Gasteiger partial charge in [0.2, 0.25) is 10.3 Å². The van der Waals surface area contributed by atoms with Gasteiger partial charge in [-0.05, 0) is 24.0 Å². The molecule has 0 bridgehead atoms. The number of hydrogen-bond donors (Lipinski definition) is 2. The van der Waals surface area contributed by atoms with Crippen LogP contribution in [0.2, 0.25) is 0 Å². The van der Waals surface area contributed by atoms with Gasteiger partial charge in [0.05, 0.1) is 0 Å². The Morgan fingerprint density at radius 2 is 1.11 bits per heavy atom. The summed E-state index contributed by atoms with van der Waals surface area (Å²) >= 11 is 3.19. The van der Waals surface area contributed by atoms with Crippen LogP contribution in [0.25, 0.3) is 0 Å². The van der Waals surface area contributed by atoms with Gasteiger partial charge in [0.25, 0.3) is 0 Å². The highest BCUT2D eigenvalue weighted by Gasteiger charge is 2.11. The maximum atomic E-state index is 6.05. The molecule has 0 atom stereocenters. The Kier molecular flexibility index (Phi) is 7.21. The van der Waals surface area contributed by atoms with Crippen molar-refractivity contribution in [3.05, 3.63) is 47.0 Å². The molecule has 0 unspecified atom stereocenters. The monoisotopic (exact) mass is 418 g/mol. The Hall–Kier alpha value is -2.20. The molecule has 0 saturated heterocycles. The van der Waals surface area contributed by atoms with E-state index in [2.05, 4.69) is 58.5 Å². The lowest BCUT2D eigenvalue weighted by molar-refractivity contribution is 0.757. The molecule has 10 heteroatoms. The van der Waals surface area contributed by atoms with Crippen LogP contribution in [0, 0.1) is 0 Å². The van der Waals surface area contributed by atoms with Gasteiger partial charge in [-0.3, -0.25) is 0 Å². The first-order valence-electron chi connectivity index (χ1n) is 9.34. The van der Waals surface area contributed by atoms with Crippen molar-refractivity contribution in [2.75, 3.05) is 11.7 Å². The number of hydrogen-bond acceptors (Lipinski definition) is 8. The van der Waals surface area contributed by atoms with Crippen molar-refractivity contribution in [3.63, 3.8) is 0 Å². The van der Waals surface area contributed by atoms with Gasteiger partial charge in [-0.15, -0.1) is 20.4 Å². The molecular weight excluding hydrogens is 392 g/mol. The second-order valence-corrected chi connectivity index (χ2v) is 8.32. The first-order valence-corrected chi connectivity index (χ1v) is 11.3. The molecule has 1 aromatic carbocycles. The van der Waals surface area contributed by atoms with Crippen molar-refractivity contribution >= 4 is 23.5 Å². The average molecular weight is 419 g/mol. The zero-order valence-corrected chi connectivity index (χ0v) is 17.8. The van der Waals surface area contributed by atoms with Gasteiger partial charge in [0, 0.05) is 24.3 Å².